The molecule has 0 aliphatic carbocycles. The highest BCUT2D eigenvalue weighted by Crippen LogP contribution is 2.27. The third kappa shape index (κ3) is 5.31. The molecule has 8 heteroatoms. The number of aromatic nitrogens is 3. The normalized spacial score (nSPS) is 10.6. The van der Waals surface area contributed by atoms with Gasteiger partial charge in [-0.25, -0.2) is 4.63 Å². The molecule has 1 amide bonds. The van der Waals surface area contributed by atoms with Crippen LogP contribution in [0.4, 0.5) is 0 Å². The van der Waals surface area contributed by atoms with Crippen LogP contribution in [0.5, 0.6) is 11.5 Å². The second kappa shape index (κ2) is 9.68. The van der Waals surface area contributed by atoms with Gasteiger partial charge in [-0.1, -0.05) is 16.4 Å². The number of amides is 1. The van der Waals surface area contributed by atoms with E-state index in [1.54, 1.807) is 38.4 Å². The molecule has 3 rings (SSSR count). The number of ether oxygens (including phenoxy) is 2. The van der Waals surface area contributed by atoms with Crippen molar-refractivity contribution in [3.05, 3.63) is 65.2 Å². The van der Waals surface area contributed by atoms with Crippen LogP contribution in [0.15, 0.2) is 47.4 Å². The fourth-order valence-corrected chi connectivity index (χ4v) is 2.97. The molecule has 0 aliphatic rings. The van der Waals surface area contributed by atoms with Gasteiger partial charge in [0.2, 0.25) is 5.91 Å². The molecule has 0 fully saturated rings. The van der Waals surface area contributed by atoms with E-state index in [1.165, 1.54) is 0 Å². The molecule has 8 nitrogen and oxygen atoms in total. The Hall–Kier alpha value is -3.42. The summed E-state index contributed by atoms with van der Waals surface area (Å²) in [6.07, 6.45) is 4.26. The van der Waals surface area contributed by atoms with Gasteiger partial charge in [0.15, 0.2) is 11.5 Å². The first-order chi connectivity index (χ1) is 14.1. The van der Waals surface area contributed by atoms with Gasteiger partial charge in [-0.2, -0.15) is 0 Å². The van der Waals surface area contributed by atoms with Gasteiger partial charge >= 0.3 is 0 Å². The summed E-state index contributed by atoms with van der Waals surface area (Å²) < 4.78 is 15.4. The van der Waals surface area contributed by atoms with Gasteiger partial charge in [-0.3, -0.25) is 9.78 Å². The molecule has 0 N–H and O–H groups in total. The number of aryl methyl sites for hydroxylation is 1. The summed E-state index contributed by atoms with van der Waals surface area (Å²) in [5.41, 5.74) is 3.24. The number of methoxy groups -OCH3 is 2. The van der Waals surface area contributed by atoms with Gasteiger partial charge in [0.05, 0.1) is 20.6 Å². The van der Waals surface area contributed by atoms with E-state index in [4.69, 9.17) is 14.1 Å². The molecule has 29 heavy (non-hydrogen) atoms. The number of nitrogens with zero attached hydrogens (tertiary/aromatic N) is 4. The van der Waals surface area contributed by atoms with E-state index < -0.39 is 0 Å². The maximum Gasteiger partial charge on any atom is 0.229 e. The third-order valence-corrected chi connectivity index (χ3v) is 4.66. The van der Waals surface area contributed by atoms with E-state index in [9.17, 15) is 4.79 Å². The number of benzene rings is 1. The maximum absolute atomic E-state index is 13.0. The van der Waals surface area contributed by atoms with Crippen LogP contribution in [0, 0.1) is 6.92 Å². The van der Waals surface area contributed by atoms with Crippen molar-refractivity contribution in [2.75, 3.05) is 20.8 Å². The second-order valence-electron chi connectivity index (χ2n) is 6.58. The largest absolute Gasteiger partial charge is 0.493 e. The van der Waals surface area contributed by atoms with Gasteiger partial charge in [-0.15, -0.1) is 0 Å². The van der Waals surface area contributed by atoms with Gasteiger partial charge < -0.3 is 14.4 Å². The lowest BCUT2D eigenvalue weighted by Gasteiger charge is -2.23. The molecule has 1 aromatic carbocycles. The van der Waals surface area contributed by atoms with Crippen LogP contribution in [0.3, 0.4) is 0 Å². The molecule has 0 bridgehead atoms. The first-order valence-corrected chi connectivity index (χ1v) is 9.26. The highest BCUT2D eigenvalue weighted by Gasteiger charge is 2.18. The van der Waals surface area contributed by atoms with E-state index >= 15 is 0 Å². The smallest absolute Gasteiger partial charge is 0.229 e. The second-order valence-corrected chi connectivity index (χ2v) is 6.58. The molecular formula is C21H24N4O4. The Labute approximate surface area is 169 Å². The molecule has 0 aliphatic heterocycles. The van der Waals surface area contributed by atoms with Crippen LogP contribution in [0.2, 0.25) is 0 Å². The Kier molecular flexibility index (Phi) is 6.78. The monoisotopic (exact) mass is 396 g/mol. The molecule has 0 spiro atoms. The Balaban J connectivity index is 1.74. The maximum atomic E-state index is 13.0. The van der Waals surface area contributed by atoms with Gasteiger partial charge in [0, 0.05) is 25.5 Å². The molecule has 0 atom stereocenters. The molecule has 0 saturated heterocycles. The molecule has 152 valence electrons. The quantitative estimate of drug-likeness (QED) is 0.549. The fraction of sp³-hybridized carbons (Fsp3) is 0.333. The van der Waals surface area contributed by atoms with Crippen LogP contribution in [0.25, 0.3) is 0 Å². The summed E-state index contributed by atoms with van der Waals surface area (Å²) in [5.74, 6) is 1.30. The van der Waals surface area contributed by atoms with E-state index in [-0.39, 0.29) is 12.3 Å². The average molecular weight is 396 g/mol. The summed E-state index contributed by atoms with van der Waals surface area (Å²) >= 11 is 0. The minimum Gasteiger partial charge on any atom is -0.493 e. The third-order valence-electron chi connectivity index (χ3n) is 4.66. The zero-order valence-electron chi connectivity index (χ0n) is 16.8. The number of hydrogen-bond donors (Lipinski definition) is 0. The van der Waals surface area contributed by atoms with E-state index in [0.29, 0.717) is 42.4 Å². The lowest BCUT2D eigenvalue weighted by Crippen LogP contribution is -2.34. The molecular weight excluding hydrogens is 372 g/mol. The Bertz CT molecular complexity index is 943. The van der Waals surface area contributed by atoms with Gasteiger partial charge in [0.25, 0.3) is 0 Å². The van der Waals surface area contributed by atoms with Gasteiger partial charge in [0.1, 0.15) is 11.4 Å². The highest BCUT2D eigenvalue weighted by molar-refractivity contribution is 5.78. The van der Waals surface area contributed by atoms with E-state index in [2.05, 4.69) is 15.3 Å². The van der Waals surface area contributed by atoms with Crippen molar-refractivity contribution in [3.8, 4) is 11.5 Å². The summed E-state index contributed by atoms with van der Waals surface area (Å²) in [6.45, 7) is 2.80. The highest BCUT2D eigenvalue weighted by atomic mass is 16.6. The first-order valence-electron chi connectivity index (χ1n) is 9.26. The lowest BCUT2D eigenvalue weighted by atomic mass is 10.1. The minimum atomic E-state index is -0.0407. The minimum absolute atomic E-state index is 0.0407. The molecule has 3 aromatic rings. The number of hydrogen-bond acceptors (Lipinski definition) is 7. The summed E-state index contributed by atoms with van der Waals surface area (Å²) in [6, 6.07) is 9.58. The number of carbonyl (C=O) groups is 1. The Morgan fingerprint density at radius 2 is 1.79 bits per heavy atom. The zero-order chi connectivity index (χ0) is 20.6. The average Bonchev–Trinajstić information content (AvgIpc) is 3.15. The summed E-state index contributed by atoms with van der Waals surface area (Å²) in [5, 5.41) is 7.58. The molecule has 0 radical (unpaired) electrons. The number of carbonyl (C=O) groups excluding carboxylic acids is 1. The van der Waals surface area contributed by atoms with Crippen molar-refractivity contribution >= 4 is 5.91 Å². The molecule has 2 heterocycles. The zero-order valence-corrected chi connectivity index (χ0v) is 16.8. The van der Waals surface area contributed by atoms with Crippen LogP contribution >= 0.6 is 0 Å². The molecule has 2 aromatic heterocycles. The number of pyridine rings is 1. The van der Waals surface area contributed by atoms with Gasteiger partial charge in [-0.05, 0) is 48.7 Å². The van der Waals surface area contributed by atoms with Crippen molar-refractivity contribution in [2.45, 2.75) is 26.3 Å². The molecule has 0 saturated carbocycles. The van der Waals surface area contributed by atoms with E-state index in [0.717, 1.165) is 11.1 Å². The summed E-state index contributed by atoms with van der Waals surface area (Å²) in [7, 11) is 3.21. The van der Waals surface area contributed by atoms with Crippen molar-refractivity contribution in [1.29, 1.82) is 0 Å². The van der Waals surface area contributed by atoms with Crippen molar-refractivity contribution in [3.63, 3.8) is 0 Å². The SMILES string of the molecule is COc1ccc(CCN(Cc2ccncc2)C(=O)Cc2nonc2C)cc1OC. The van der Waals surface area contributed by atoms with Crippen LogP contribution in [0.1, 0.15) is 22.5 Å². The fourth-order valence-electron chi connectivity index (χ4n) is 2.97. The van der Waals surface area contributed by atoms with E-state index in [1.807, 2.05) is 30.3 Å². The first kappa shape index (κ1) is 20.3. The predicted octanol–water partition coefficient (Wildman–Crippen LogP) is 2.60. The van der Waals surface area contributed by atoms with Crippen LogP contribution in [-0.4, -0.2) is 46.9 Å². The van der Waals surface area contributed by atoms with Crippen molar-refractivity contribution < 1.29 is 18.9 Å². The summed E-state index contributed by atoms with van der Waals surface area (Å²) in [4.78, 5) is 18.8. The lowest BCUT2D eigenvalue weighted by molar-refractivity contribution is -0.131. The topological polar surface area (TPSA) is 90.6 Å². The van der Waals surface area contributed by atoms with Crippen LogP contribution < -0.4 is 9.47 Å². The van der Waals surface area contributed by atoms with Crippen LogP contribution in [-0.2, 0) is 24.2 Å². The standard InChI is InChI=1S/C21H24N4O4/c1-15-18(24-29-23-15)13-21(26)25(14-17-6-9-22-10-7-17)11-8-16-4-5-19(27-2)20(12-16)28-3/h4-7,9-10,12H,8,11,13-14H2,1-3H3. The number of rotatable bonds is 9. The Morgan fingerprint density at radius 1 is 1.03 bits per heavy atom. The van der Waals surface area contributed by atoms with Crippen molar-refractivity contribution in [1.82, 2.24) is 20.2 Å². The molecule has 0 unspecified atom stereocenters. The van der Waals surface area contributed by atoms with Crippen molar-refractivity contribution in [2.24, 2.45) is 0 Å². The Morgan fingerprint density at radius 3 is 2.45 bits per heavy atom. The predicted molar refractivity (Wildman–Crippen MR) is 106 cm³/mol.